The third-order valence-corrected chi connectivity index (χ3v) is 3.09. The van der Waals surface area contributed by atoms with Crippen LogP contribution < -0.4 is 22.3 Å². The summed E-state index contributed by atoms with van der Waals surface area (Å²) in [7, 11) is 1.47. The molecule has 0 saturated carbocycles. The van der Waals surface area contributed by atoms with Gasteiger partial charge in [0.15, 0.2) is 0 Å². The van der Waals surface area contributed by atoms with Crippen molar-refractivity contribution in [3.8, 4) is 0 Å². The average Bonchev–Trinajstić information content (AvgIpc) is 2.36. The second-order valence-electron chi connectivity index (χ2n) is 4.71. The van der Waals surface area contributed by atoms with Crippen LogP contribution in [-0.2, 0) is 18.4 Å². The van der Waals surface area contributed by atoms with E-state index in [1.807, 2.05) is 13.8 Å². The largest absolute Gasteiger partial charge is 0.383 e. The van der Waals surface area contributed by atoms with Crippen LogP contribution in [0.5, 0.6) is 0 Å². The molecule has 7 nitrogen and oxygen atoms in total. The van der Waals surface area contributed by atoms with E-state index in [0.717, 1.165) is 15.6 Å². The normalized spacial score (nSPS) is 12.2. The molecule has 0 radical (unpaired) electrons. The number of carbonyl (C=O) groups is 1. The Kier molecular flexibility index (Phi) is 4.52. The number of nitrogens with two attached hydrogens (primary N) is 1. The lowest BCUT2D eigenvalue weighted by Gasteiger charge is -2.16. The molecule has 0 aliphatic carbocycles. The predicted octanol–water partition coefficient (Wildman–Crippen LogP) is 0.134. The van der Waals surface area contributed by atoms with Gasteiger partial charge in [-0.05, 0) is 5.92 Å². The van der Waals surface area contributed by atoms with Gasteiger partial charge in [-0.2, -0.15) is 0 Å². The molecule has 1 atom stereocenters. The van der Waals surface area contributed by atoms with Gasteiger partial charge in [-0.3, -0.25) is 18.7 Å². The van der Waals surface area contributed by atoms with E-state index in [-0.39, 0.29) is 17.4 Å². The molecule has 1 unspecified atom stereocenters. The van der Waals surface area contributed by atoms with Crippen molar-refractivity contribution in [3.63, 3.8) is 0 Å². The van der Waals surface area contributed by atoms with Crippen molar-refractivity contribution < 1.29 is 4.79 Å². The summed E-state index contributed by atoms with van der Waals surface area (Å²) in [6.07, 6.45) is 0.843. The van der Waals surface area contributed by atoms with Gasteiger partial charge >= 0.3 is 5.69 Å². The van der Waals surface area contributed by atoms with E-state index in [1.165, 1.54) is 14.0 Å². The molecule has 0 aliphatic heterocycles. The summed E-state index contributed by atoms with van der Waals surface area (Å²) in [5, 5.41) is 2.38. The van der Waals surface area contributed by atoms with Gasteiger partial charge in [0.05, 0.1) is 0 Å². The zero-order valence-electron chi connectivity index (χ0n) is 11.7. The van der Waals surface area contributed by atoms with E-state index in [2.05, 4.69) is 5.32 Å². The monoisotopic (exact) mass is 268 g/mol. The van der Waals surface area contributed by atoms with E-state index in [1.54, 1.807) is 0 Å². The van der Waals surface area contributed by atoms with Gasteiger partial charge in [-0.1, -0.05) is 20.3 Å². The SMILES string of the molecule is CCC(C)Cn1c(=O)c(NC(C)=O)c(N)n(C)c1=O. The number of hydrogen-bond acceptors (Lipinski definition) is 4. The van der Waals surface area contributed by atoms with Crippen LogP contribution in [0.2, 0.25) is 0 Å². The zero-order chi connectivity index (χ0) is 14.7. The highest BCUT2D eigenvalue weighted by atomic mass is 16.2. The standard InChI is InChI=1S/C12H20N4O3/c1-5-7(2)6-16-11(18)9(14-8(3)17)10(13)15(4)12(16)19/h7H,5-6,13H2,1-4H3,(H,14,17). The minimum absolute atomic E-state index is 0.0365. The van der Waals surface area contributed by atoms with E-state index in [4.69, 9.17) is 5.73 Å². The van der Waals surface area contributed by atoms with E-state index >= 15 is 0 Å². The van der Waals surface area contributed by atoms with Crippen LogP contribution in [0.4, 0.5) is 11.5 Å². The molecule has 7 heteroatoms. The van der Waals surface area contributed by atoms with Gasteiger partial charge in [0, 0.05) is 20.5 Å². The van der Waals surface area contributed by atoms with Gasteiger partial charge in [0.25, 0.3) is 5.56 Å². The molecule has 3 N–H and O–H groups in total. The van der Waals surface area contributed by atoms with Crippen molar-refractivity contribution in [3.05, 3.63) is 20.8 Å². The smallest absolute Gasteiger partial charge is 0.332 e. The Morgan fingerprint density at radius 1 is 1.42 bits per heavy atom. The molecule has 0 saturated heterocycles. The number of anilines is 2. The van der Waals surface area contributed by atoms with Crippen LogP contribution in [0.25, 0.3) is 0 Å². The highest BCUT2D eigenvalue weighted by molar-refractivity contribution is 5.91. The summed E-state index contributed by atoms with van der Waals surface area (Å²) in [4.78, 5) is 35.3. The lowest BCUT2D eigenvalue weighted by atomic mass is 10.1. The van der Waals surface area contributed by atoms with Crippen molar-refractivity contribution >= 4 is 17.4 Å². The second-order valence-corrected chi connectivity index (χ2v) is 4.71. The second kappa shape index (κ2) is 5.73. The number of amides is 1. The van der Waals surface area contributed by atoms with Gasteiger partial charge in [0.1, 0.15) is 11.5 Å². The first-order chi connectivity index (χ1) is 8.79. The van der Waals surface area contributed by atoms with Gasteiger partial charge in [-0.15, -0.1) is 0 Å². The minimum Gasteiger partial charge on any atom is -0.383 e. The van der Waals surface area contributed by atoms with Crippen LogP contribution in [0.3, 0.4) is 0 Å². The minimum atomic E-state index is -0.559. The van der Waals surface area contributed by atoms with E-state index in [9.17, 15) is 14.4 Å². The quantitative estimate of drug-likeness (QED) is 0.811. The first-order valence-corrected chi connectivity index (χ1v) is 6.16. The molecule has 0 bridgehead atoms. The Labute approximate surface area is 111 Å². The lowest BCUT2D eigenvalue weighted by Crippen LogP contribution is -2.42. The lowest BCUT2D eigenvalue weighted by molar-refractivity contribution is -0.114. The molecule has 1 aromatic heterocycles. The van der Waals surface area contributed by atoms with Crippen LogP contribution in [0.15, 0.2) is 9.59 Å². The maximum Gasteiger partial charge on any atom is 0.332 e. The van der Waals surface area contributed by atoms with Crippen LogP contribution >= 0.6 is 0 Å². The van der Waals surface area contributed by atoms with Crippen LogP contribution in [0.1, 0.15) is 27.2 Å². The van der Waals surface area contributed by atoms with E-state index in [0.29, 0.717) is 6.54 Å². The number of nitrogens with one attached hydrogen (secondary N) is 1. The van der Waals surface area contributed by atoms with E-state index < -0.39 is 17.2 Å². The third-order valence-electron chi connectivity index (χ3n) is 3.09. The Balaban J connectivity index is 3.47. The molecule has 1 rings (SSSR count). The summed E-state index contributed by atoms with van der Waals surface area (Å²) in [5.41, 5.74) is 4.62. The van der Waals surface area contributed by atoms with Crippen molar-refractivity contribution in [1.29, 1.82) is 0 Å². The van der Waals surface area contributed by atoms with Crippen molar-refractivity contribution in [1.82, 2.24) is 9.13 Å². The molecular formula is C12H20N4O3. The van der Waals surface area contributed by atoms with Gasteiger partial charge in [-0.25, -0.2) is 4.79 Å². The maximum atomic E-state index is 12.2. The molecule has 1 amide bonds. The maximum absolute atomic E-state index is 12.2. The Morgan fingerprint density at radius 2 is 2.00 bits per heavy atom. The highest BCUT2D eigenvalue weighted by Crippen LogP contribution is 2.10. The first kappa shape index (κ1) is 15.0. The molecule has 106 valence electrons. The predicted molar refractivity (Wildman–Crippen MR) is 74.1 cm³/mol. The molecular weight excluding hydrogens is 248 g/mol. The molecule has 0 spiro atoms. The summed E-state index contributed by atoms with van der Waals surface area (Å²) >= 11 is 0. The summed E-state index contributed by atoms with van der Waals surface area (Å²) in [6, 6.07) is 0. The Hall–Kier alpha value is -2.05. The van der Waals surface area contributed by atoms with Crippen molar-refractivity contribution in [2.75, 3.05) is 11.1 Å². The molecule has 19 heavy (non-hydrogen) atoms. The number of rotatable bonds is 4. The number of hydrogen-bond donors (Lipinski definition) is 2. The topological polar surface area (TPSA) is 99.1 Å². The van der Waals surface area contributed by atoms with Crippen LogP contribution in [0, 0.1) is 5.92 Å². The first-order valence-electron chi connectivity index (χ1n) is 6.16. The average molecular weight is 268 g/mol. The molecule has 1 aromatic rings. The fourth-order valence-electron chi connectivity index (χ4n) is 1.68. The Bertz CT molecular complexity index is 600. The number of nitrogen functional groups attached to an aromatic ring is 1. The fourth-order valence-corrected chi connectivity index (χ4v) is 1.68. The number of nitrogens with zero attached hydrogens (tertiary/aromatic N) is 2. The molecule has 0 fully saturated rings. The highest BCUT2D eigenvalue weighted by Gasteiger charge is 2.17. The molecule has 0 aliphatic rings. The number of aromatic nitrogens is 2. The summed E-state index contributed by atoms with van der Waals surface area (Å²) < 4.78 is 2.27. The van der Waals surface area contributed by atoms with Gasteiger partial charge in [0.2, 0.25) is 5.91 Å². The molecule has 0 aromatic carbocycles. The summed E-state index contributed by atoms with van der Waals surface area (Å²) in [5.74, 6) is -0.262. The fraction of sp³-hybridized carbons (Fsp3) is 0.583. The van der Waals surface area contributed by atoms with Gasteiger partial charge < -0.3 is 11.1 Å². The zero-order valence-corrected chi connectivity index (χ0v) is 11.7. The number of carbonyl (C=O) groups excluding carboxylic acids is 1. The van der Waals surface area contributed by atoms with Crippen LogP contribution in [-0.4, -0.2) is 15.0 Å². The van der Waals surface area contributed by atoms with Crippen molar-refractivity contribution in [2.45, 2.75) is 33.7 Å². The summed E-state index contributed by atoms with van der Waals surface area (Å²) in [6.45, 7) is 5.50. The Morgan fingerprint density at radius 3 is 2.47 bits per heavy atom. The third kappa shape index (κ3) is 3.04. The molecule has 1 heterocycles. The van der Waals surface area contributed by atoms with Crippen molar-refractivity contribution in [2.24, 2.45) is 13.0 Å².